The van der Waals surface area contributed by atoms with Crippen LogP contribution in [0.5, 0.6) is 11.5 Å². The molecular weight excluding hydrogens is 406 g/mol. The summed E-state index contributed by atoms with van der Waals surface area (Å²) >= 11 is 0. The molecule has 166 valence electrons. The Balaban J connectivity index is 1.41. The van der Waals surface area contributed by atoms with Gasteiger partial charge in [-0.15, -0.1) is 0 Å². The lowest BCUT2D eigenvalue weighted by Crippen LogP contribution is -2.49. The minimum atomic E-state index is -0.687. The van der Waals surface area contributed by atoms with E-state index in [2.05, 4.69) is 10.6 Å². The van der Waals surface area contributed by atoms with Crippen LogP contribution in [0.1, 0.15) is 18.1 Å². The summed E-state index contributed by atoms with van der Waals surface area (Å²) in [5.41, 5.74) is 2.87. The van der Waals surface area contributed by atoms with E-state index < -0.39 is 6.04 Å². The third-order valence-electron chi connectivity index (χ3n) is 5.79. The van der Waals surface area contributed by atoms with E-state index in [9.17, 15) is 9.59 Å². The van der Waals surface area contributed by atoms with Crippen LogP contribution in [0.2, 0.25) is 0 Å². The first kappa shape index (κ1) is 21.5. The molecule has 0 bridgehead atoms. The van der Waals surface area contributed by atoms with Gasteiger partial charge in [-0.3, -0.25) is 4.79 Å². The molecule has 1 heterocycles. The van der Waals surface area contributed by atoms with Crippen molar-refractivity contribution >= 4 is 28.4 Å². The van der Waals surface area contributed by atoms with Crippen LogP contribution < -0.4 is 20.1 Å². The number of anilines is 1. The fraction of sp³-hybridized carbons (Fsp3) is 0.280. The van der Waals surface area contributed by atoms with Gasteiger partial charge in [0, 0.05) is 24.2 Å². The smallest absolute Gasteiger partial charge is 0.318 e. The highest BCUT2D eigenvalue weighted by molar-refractivity contribution is 6.04. The second-order valence-electron chi connectivity index (χ2n) is 7.83. The Morgan fingerprint density at radius 2 is 1.66 bits per heavy atom. The van der Waals surface area contributed by atoms with E-state index in [0.717, 1.165) is 27.6 Å². The van der Waals surface area contributed by atoms with Gasteiger partial charge in [0.25, 0.3) is 0 Å². The van der Waals surface area contributed by atoms with E-state index >= 15 is 0 Å². The summed E-state index contributed by atoms with van der Waals surface area (Å²) in [6, 6.07) is 16.5. The fourth-order valence-electron chi connectivity index (χ4n) is 3.97. The number of benzene rings is 3. The summed E-state index contributed by atoms with van der Waals surface area (Å²) in [6.45, 7) is 2.69. The molecule has 3 amide bonds. The van der Waals surface area contributed by atoms with E-state index in [1.54, 1.807) is 26.0 Å². The molecule has 0 aliphatic carbocycles. The first-order valence-electron chi connectivity index (χ1n) is 10.6. The van der Waals surface area contributed by atoms with Crippen LogP contribution in [0.4, 0.5) is 10.5 Å². The number of urea groups is 1. The number of hydrogen-bond donors (Lipinski definition) is 2. The summed E-state index contributed by atoms with van der Waals surface area (Å²) in [5.74, 6) is 1.05. The van der Waals surface area contributed by atoms with Crippen LogP contribution in [-0.4, -0.2) is 43.6 Å². The standard InChI is InChI=1S/C25H27N3O4/c1-16(24(29)27-21-10-6-8-17-7-4-5-9-20(17)21)26-25(30)28-12-11-18-13-22(31-2)23(32-3)14-19(18)15-28/h4-10,13-14,16H,11-12,15H2,1-3H3,(H,26,30)(H,27,29)/t16-/m1/s1. The number of rotatable bonds is 5. The van der Waals surface area contributed by atoms with Crippen LogP contribution >= 0.6 is 0 Å². The highest BCUT2D eigenvalue weighted by atomic mass is 16.5. The number of nitrogens with one attached hydrogen (secondary N) is 2. The second-order valence-corrected chi connectivity index (χ2v) is 7.83. The molecule has 0 saturated heterocycles. The molecule has 0 aromatic heterocycles. The van der Waals surface area contributed by atoms with Crippen molar-refractivity contribution < 1.29 is 19.1 Å². The number of methoxy groups -OCH3 is 2. The highest BCUT2D eigenvalue weighted by Crippen LogP contribution is 2.33. The predicted molar refractivity (Wildman–Crippen MR) is 124 cm³/mol. The van der Waals surface area contributed by atoms with Crippen molar-refractivity contribution in [2.75, 3.05) is 26.1 Å². The molecule has 2 N–H and O–H groups in total. The molecule has 0 fully saturated rings. The number of carbonyl (C=O) groups is 2. The number of ether oxygens (including phenoxy) is 2. The van der Waals surface area contributed by atoms with Crippen LogP contribution in [0.15, 0.2) is 54.6 Å². The van der Waals surface area contributed by atoms with Gasteiger partial charge in [0.2, 0.25) is 5.91 Å². The molecule has 1 aliphatic rings. The van der Waals surface area contributed by atoms with E-state index in [0.29, 0.717) is 31.0 Å². The Kier molecular flexibility index (Phi) is 6.16. The normalized spacial score (nSPS) is 13.8. The second kappa shape index (κ2) is 9.18. The average Bonchev–Trinajstić information content (AvgIpc) is 2.82. The summed E-state index contributed by atoms with van der Waals surface area (Å²) in [4.78, 5) is 27.3. The maximum Gasteiger partial charge on any atom is 0.318 e. The molecule has 0 saturated carbocycles. The lowest BCUT2D eigenvalue weighted by molar-refractivity contribution is -0.117. The van der Waals surface area contributed by atoms with Crippen molar-refractivity contribution in [2.45, 2.75) is 25.9 Å². The molecule has 4 rings (SSSR count). The van der Waals surface area contributed by atoms with Crippen LogP contribution in [0, 0.1) is 0 Å². The third-order valence-corrected chi connectivity index (χ3v) is 5.79. The summed E-state index contributed by atoms with van der Waals surface area (Å²) in [7, 11) is 3.20. The monoisotopic (exact) mass is 433 g/mol. The van der Waals surface area contributed by atoms with Crippen molar-refractivity contribution in [3.8, 4) is 11.5 Å². The van der Waals surface area contributed by atoms with Crippen molar-refractivity contribution in [2.24, 2.45) is 0 Å². The zero-order valence-electron chi connectivity index (χ0n) is 18.5. The Morgan fingerprint density at radius 1 is 0.969 bits per heavy atom. The molecule has 1 aliphatic heterocycles. The topological polar surface area (TPSA) is 79.9 Å². The number of hydrogen-bond acceptors (Lipinski definition) is 4. The van der Waals surface area contributed by atoms with E-state index in [1.165, 1.54) is 0 Å². The molecule has 0 unspecified atom stereocenters. The zero-order valence-corrected chi connectivity index (χ0v) is 18.5. The van der Waals surface area contributed by atoms with Crippen molar-refractivity contribution in [3.05, 3.63) is 65.7 Å². The largest absolute Gasteiger partial charge is 0.493 e. The Bertz CT molecular complexity index is 1160. The van der Waals surface area contributed by atoms with E-state index in [-0.39, 0.29) is 11.9 Å². The van der Waals surface area contributed by atoms with E-state index in [4.69, 9.17) is 9.47 Å². The molecular formula is C25H27N3O4. The van der Waals surface area contributed by atoms with Gasteiger partial charge in [-0.05, 0) is 48.1 Å². The molecule has 1 atom stereocenters. The van der Waals surface area contributed by atoms with Gasteiger partial charge in [-0.1, -0.05) is 36.4 Å². The number of amides is 3. The van der Waals surface area contributed by atoms with Crippen molar-refractivity contribution in [1.82, 2.24) is 10.2 Å². The predicted octanol–water partition coefficient (Wildman–Crippen LogP) is 3.95. The number of nitrogens with zero attached hydrogens (tertiary/aromatic N) is 1. The summed E-state index contributed by atoms with van der Waals surface area (Å²) < 4.78 is 10.8. The van der Waals surface area contributed by atoms with E-state index in [1.807, 2.05) is 54.6 Å². The summed E-state index contributed by atoms with van der Waals surface area (Å²) in [5, 5.41) is 7.75. The van der Waals surface area contributed by atoms with Crippen molar-refractivity contribution in [1.29, 1.82) is 0 Å². The lowest BCUT2D eigenvalue weighted by Gasteiger charge is -2.30. The lowest BCUT2D eigenvalue weighted by atomic mass is 9.99. The van der Waals surface area contributed by atoms with Crippen LogP contribution in [0.25, 0.3) is 10.8 Å². The fourth-order valence-corrected chi connectivity index (χ4v) is 3.97. The average molecular weight is 434 g/mol. The minimum Gasteiger partial charge on any atom is -0.493 e. The SMILES string of the molecule is COc1cc2c(cc1OC)CN(C(=O)N[C@H](C)C(=O)Nc1cccc3ccccc13)CC2. The molecule has 3 aromatic rings. The van der Waals surface area contributed by atoms with Gasteiger partial charge in [0.1, 0.15) is 6.04 Å². The van der Waals surface area contributed by atoms with Gasteiger partial charge < -0.3 is 25.0 Å². The maximum absolute atomic E-state index is 12.8. The molecule has 7 nitrogen and oxygen atoms in total. The minimum absolute atomic E-state index is 0.265. The Hall–Kier alpha value is -3.74. The molecule has 32 heavy (non-hydrogen) atoms. The van der Waals surface area contributed by atoms with Crippen LogP contribution in [-0.2, 0) is 17.8 Å². The van der Waals surface area contributed by atoms with Gasteiger partial charge in [0.15, 0.2) is 11.5 Å². The van der Waals surface area contributed by atoms with Gasteiger partial charge in [-0.25, -0.2) is 4.79 Å². The summed E-state index contributed by atoms with van der Waals surface area (Å²) in [6.07, 6.45) is 0.708. The molecule has 0 spiro atoms. The highest BCUT2D eigenvalue weighted by Gasteiger charge is 2.25. The first-order valence-corrected chi connectivity index (χ1v) is 10.6. The Labute approximate surface area is 187 Å². The van der Waals surface area contributed by atoms with Gasteiger partial charge >= 0.3 is 6.03 Å². The van der Waals surface area contributed by atoms with Crippen molar-refractivity contribution in [3.63, 3.8) is 0 Å². The van der Waals surface area contributed by atoms with Gasteiger partial charge in [0.05, 0.1) is 14.2 Å². The molecule has 0 radical (unpaired) electrons. The van der Waals surface area contributed by atoms with Crippen LogP contribution in [0.3, 0.4) is 0 Å². The number of fused-ring (bicyclic) bond motifs is 2. The molecule has 3 aromatic carbocycles. The quantitative estimate of drug-likeness (QED) is 0.639. The molecule has 7 heteroatoms. The third kappa shape index (κ3) is 4.32. The number of carbonyl (C=O) groups excluding carboxylic acids is 2. The van der Waals surface area contributed by atoms with Gasteiger partial charge in [-0.2, -0.15) is 0 Å². The maximum atomic E-state index is 12.8. The Morgan fingerprint density at radius 3 is 2.41 bits per heavy atom. The first-order chi connectivity index (χ1) is 15.5. The zero-order chi connectivity index (χ0) is 22.7.